The molecule has 0 radical (unpaired) electrons. The van der Waals surface area contributed by atoms with Crippen LogP contribution in [0.2, 0.25) is 0 Å². The van der Waals surface area contributed by atoms with Gasteiger partial charge in [0.2, 0.25) is 0 Å². The molecule has 2 aliphatic rings. The van der Waals surface area contributed by atoms with Crippen LogP contribution in [0.1, 0.15) is 63.0 Å². The predicted octanol–water partition coefficient (Wildman–Crippen LogP) is 6.20. The van der Waals surface area contributed by atoms with Gasteiger partial charge in [-0.25, -0.2) is 9.59 Å². The Labute approximate surface area is 262 Å². The van der Waals surface area contributed by atoms with E-state index in [0.29, 0.717) is 30.0 Å². The van der Waals surface area contributed by atoms with Crippen molar-refractivity contribution in [2.24, 2.45) is 0 Å². The van der Waals surface area contributed by atoms with Crippen LogP contribution < -0.4 is 5.32 Å². The van der Waals surface area contributed by atoms with Gasteiger partial charge >= 0.3 is 11.9 Å². The minimum absolute atomic E-state index is 0.0643. The number of ether oxygens (including phenoxy) is 4. The molecule has 0 saturated carbocycles. The summed E-state index contributed by atoms with van der Waals surface area (Å²) < 4.78 is 22.1. The van der Waals surface area contributed by atoms with Crippen LogP contribution in [-0.4, -0.2) is 55.8 Å². The van der Waals surface area contributed by atoms with Crippen LogP contribution in [-0.2, 0) is 35.0 Å². The molecule has 2 unspecified atom stereocenters. The van der Waals surface area contributed by atoms with E-state index < -0.39 is 22.8 Å². The summed E-state index contributed by atoms with van der Waals surface area (Å²) in [4.78, 5) is 38.3. The van der Waals surface area contributed by atoms with Crippen LogP contribution >= 0.6 is 11.8 Å². The van der Waals surface area contributed by atoms with Crippen molar-refractivity contribution in [2.45, 2.75) is 69.5 Å². The number of hydrogen-bond donors (Lipinski definition) is 1. The number of carbonyl (C=O) groups is 2. The van der Waals surface area contributed by atoms with Gasteiger partial charge in [-0.15, -0.1) is 11.8 Å². The summed E-state index contributed by atoms with van der Waals surface area (Å²) in [5, 5.41) is 14.5. The van der Waals surface area contributed by atoms with E-state index in [-0.39, 0.29) is 29.7 Å². The van der Waals surface area contributed by atoms with Crippen LogP contribution in [0.3, 0.4) is 0 Å². The van der Waals surface area contributed by atoms with Crippen LogP contribution in [0.5, 0.6) is 0 Å². The van der Waals surface area contributed by atoms with Crippen molar-refractivity contribution in [3.8, 4) is 0 Å². The van der Waals surface area contributed by atoms with Crippen LogP contribution in [0, 0.1) is 10.1 Å². The highest BCUT2D eigenvalue weighted by Crippen LogP contribution is 2.40. The summed E-state index contributed by atoms with van der Waals surface area (Å²) in [6.45, 7) is 5.06. The molecule has 44 heavy (non-hydrogen) atoms. The fraction of sp³-hybridized carbons (Fsp3) is 0.455. The average molecular weight is 625 g/mol. The number of thioether (sulfide) groups is 1. The number of allylic oxidation sites excluding steroid dienone is 2. The number of unbranched alkanes of at least 4 members (excludes halogenated alkanes) is 1. The first-order valence-corrected chi connectivity index (χ1v) is 15.9. The molecule has 2 aliphatic heterocycles. The smallest absolute Gasteiger partial charge is 0.336 e. The fourth-order valence-corrected chi connectivity index (χ4v) is 6.25. The average Bonchev–Trinajstić information content (AvgIpc) is 3.03. The molecule has 2 aromatic carbocycles. The molecular formula is C33H40N2O8S. The van der Waals surface area contributed by atoms with Gasteiger partial charge in [-0.3, -0.25) is 10.1 Å². The van der Waals surface area contributed by atoms with Crippen molar-refractivity contribution >= 4 is 29.4 Å². The zero-order valence-electron chi connectivity index (χ0n) is 25.5. The second kappa shape index (κ2) is 16.4. The van der Waals surface area contributed by atoms with Crippen molar-refractivity contribution in [1.82, 2.24) is 5.32 Å². The summed E-state index contributed by atoms with van der Waals surface area (Å²) in [6, 6.07) is 14.4. The molecule has 236 valence electrons. The second-order valence-electron chi connectivity index (χ2n) is 10.7. The summed E-state index contributed by atoms with van der Waals surface area (Å²) in [7, 11) is 1.26. The van der Waals surface area contributed by atoms with Crippen molar-refractivity contribution in [1.29, 1.82) is 0 Å². The topological polar surface area (TPSA) is 126 Å². The first-order valence-electron chi connectivity index (χ1n) is 14.9. The van der Waals surface area contributed by atoms with Crippen LogP contribution in [0.4, 0.5) is 5.69 Å². The summed E-state index contributed by atoms with van der Waals surface area (Å²) >= 11 is 1.75. The lowest BCUT2D eigenvalue weighted by Crippen LogP contribution is -2.32. The van der Waals surface area contributed by atoms with Gasteiger partial charge in [0, 0.05) is 35.0 Å². The van der Waals surface area contributed by atoms with E-state index in [1.165, 1.54) is 35.8 Å². The number of nitro benzene ring substituents is 1. The number of benzene rings is 2. The minimum Gasteiger partial charge on any atom is -0.466 e. The van der Waals surface area contributed by atoms with Gasteiger partial charge in [-0.2, -0.15) is 0 Å². The van der Waals surface area contributed by atoms with Crippen LogP contribution in [0.15, 0.2) is 76.0 Å². The molecule has 1 N–H and O–H groups in total. The molecule has 0 spiro atoms. The van der Waals surface area contributed by atoms with Crippen molar-refractivity contribution in [2.75, 3.05) is 32.7 Å². The van der Waals surface area contributed by atoms with Crippen molar-refractivity contribution in [3.63, 3.8) is 0 Å². The third-order valence-electron chi connectivity index (χ3n) is 7.60. The molecule has 1 saturated heterocycles. The van der Waals surface area contributed by atoms with Gasteiger partial charge in [-0.1, -0.05) is 24.3 Å². The monoisotopic (exact) mass is 624 g/mol. The Morgan fingerprint density at radius 3 is 2.45 bits per heavy atom. The van der Waals surface area contributed by atoms with Gasteiger partial charge in [0.05, 0.1) is 42.3 Å². The second-order valence-corrected chi connectivity index (χ2v) is 11.9. The van der Waals surface area contributed by atoms with E-state index >= 15 is 0 Å². The number of carbonyl (C=O) groups excluding carboxylic acids is 2. The molecule has 2 heterocycles. The number of non-ortho nitro benzene ring substituents is 1. The number of esters is 2. The van der Waals surface area contributed by atoms with Gasteiger partial charge < -0.3 is 24.3 Å². The maximum absolute atomic E-state index is 13.4. The van der Waals surface area contributed by atoms with E-state index in [1.54, 1.807) is 31.7 Å². The number of methoxy groups -OCH3 is 1. The summed E-state index contributed by atoms with van der Waals surface area (Å²) in [5.74, 6) is -1.21. The molecule has 0 bridgehead atoms. The first kappa shape index (κ1) is 33.2. The highest BCUT2D eigenvalue weighted by atomic mass is 32.2. The maximum Gasteiger partial charge on any atom is 0.336 e. The molecule has 0 aliphatic carbocycles. The summed E-state index contributed by atoms with van der Waals surface area (Å²) in [5.41, 5.74) is 2.97. The van der Waals surface area contributed by atoms with Crippen molar-refractivity contribution in [3.05, 3.63) is 92.3 Å². The standard InChI is InChI=1S/C33H40N2O8S/c1-22-29(32(36)40-3)31(25-9-8-10-26(21-25)35(38)39)30(23(2)34-22)33(37)43-18-6-7-20-44-27-14-12-24(13-15-27)16-19-42-28-11-4-5-17-41-28/h8-10,12-15,21,28,31,34H,4-7,11,16-20H2,1-3H3. The lowest BCUT2D eigenvalue weighted by atomic mass is 9.80. The van der Waals surface area contributed by atoms with Gasteiger partial charge in [0.25, 0.3) is 5.69 Å². The zero-order valence-corrected chi connectivity index (χ0v) is 26.3. The van der Waals surface area contributed by atoms with E-state index in [9.17, 15) is 19.7 Å². The molecule has 11 heteroatoms. The van der Waals surface area contributed by atoms with E-state index in [0.717, 1.165) is 44.5 Å². The number of nitrogens with zero attached hydrogens (tertiary/aromatic N) is 1. The Hall–Kier alpha value is -3.67. The molecule has 1 fully saturated rings. The first-order chi connectivity index (χ1) is 21.3. The van der Waals surface area contributed by atoms with E-state index in [1.807, 2.05) is 0 Å². The third-order valence-corrected chi connectivity index (χ3v) is 8.69. The quantitative estimate of drug-likeness (QED) is 0.0853. The Kier molecular flexibility index (Phi) is 12.4. The molecule has 10 nitrogen and oxygen atoms in total. The Morgan fingerprint density at radius 2 is 1.77 bits per heavy atom. The Morgan fingerprint density at radius 1 is 1.02 bits per heavy atom. The van der Waals surface area contributed by atoms with Crippen molar-refractivity contribution < 1.29 is 33.5 Å². The van der Waals surface area contributed by atoms with E-state index in [2.05, 4.69) is 29.6 Å². The molecule has 2 aromatic rings. The third kappa shape index (κ3) is 8.93. The molecule has 2 atom stereocenters. The largest absolute Gasteiger partial charge is 0.466 e. The maximum atomic E-state index is 13.4. The number of hydrogen-bond acceptors (Lipinski definition) is 10. The van der Waals surface area contributed by atoms with Gasteiger partial charge in [0.1, 0.15) is 0 Å². The van der Waals surface area contributed by atoms with Gasteiger partial charge in [-0.05, 0) is 81.4 Å². The predicted molar refractivity (Wildman–Crippen MR) is 167 cm³/mol. The highest BCUT2D eigenvalue weighted by Gasteiger charge is 2.38. The molecule has 0 amide bonds. The summed E-state index contributed by atoms with van der Waals surface area (Å²) in [6.07, 6.45) is 5.53. The molecule has 0 aromatic heterocycles. The number of dihydropyridines is 1. The molecular weight excluding hydrogens is 584 g/mol. The Balaban J connectivity index is 1.27. The number of rotatable bonds is 14. The lowest BCUT2D eigenvalue weighted by Gasteiger charge is -2.30. The lowest BCUT2D eigenvalue weighted by molar-refractivity contribution is -0.384. The highest BCUT2D eigenvalue weighted by molar-refractivity contribution is 7.99. The number of nitrogens with one attached hydrogen (secondary N) is 1. The molecule has 4 rings (SSSR count). The SMILES string of the molecule is COC(=O)C1=C(C)NC(C)=C(C(=O)OCCCCSc2ccc(CCOC3CCCCO3)cc2)C1c1cccc([N+](=O)[O-])c1. The minimum atomic E-state index is -0.873. The van der Waals surface area contributed by atoms with Gasteiger partial charge in [0.15, 0.2) is 6.29 Å². The fourth-order valence-electron chi connectivity index (χ4n) is 5.34. The van der Waals surface area contributed by atoms with E-state index in [4.69, 9.17) is 18.9 Å². The normalized spacial score (nSPS) is 18.5. The Bertz CT molecular complexity index is 1380. The number of nitro groups is 1. The zero-order chi connectivity index (χ0) is 31.5. The van der Waals surface area contributed by atoms with Crippen LogP contribution in [0.25, 0.3) is 0 Å².